The molecule has 0 aliphatic carbocycles. The number of methoxy groups -OCH3 is 1. The second kappa shape index (κ2) is 6.41. The Morgan fingerprint density at radius 3 is 3.00 bits per heavy atom. The summed E-state index contributed by atoms with van der Waals surface area (Å²) < 4.78 is 7.21. The van der Waals surface area contributed by atoms with Gasteiger partial charge in [-0.2, -0.15) is 0 Å². The first-order valence-electron chi connectivity index (χ1n) is 6.87. The van der Waals surface area contributed by atoms with Crippen LogP contribution in [0.3, 0.4) is 0 Å². The monoisotopic (exact) mass is 275 g/mol. The van der Waals surface area contributed by atoms with Crippen molar-refractivity contribution in [2.45, 2.75) is 26.7 Å². The lowest BCUT2D eigenvalue weighted by molar-refractivity contribution is -0.121. The van der Waals surface area contributed by atoms with Crippen molar-refractivity contribution in [3.8, 4) is 5.75 Å². The van der Waals surface area contributed by atoms with Crippen molar-refractivity contribution < 1.29 is 9.53 Å². The first-order valence-corrected chi connectivity index (χ1v) is 6.87. The second-order valence-corrected chi connectivity index (χ2v) is 5.24. The molecule has 0 fully saturated rings. The van der Waals surface area contributed by atoms with E-state index >= 15 is 0 Å². The Kier molecular flexibility index (Phi) is 4.61. The van der Waals surface area contributed by atoms with E-state index < -0.39 is 0 Å². The fourth-order valence-electron chi connectivity index (χ4n) is 2.09. The molecular weight excluding hydrogens is 254 g/mol. The topological polar surface area (TPSA) is 55.6 Å². The van der Waals surface area contributed by atoms with E-state index in [-0.39, 0.29) is 5.91 Å². The van der Waals surface area contributed by atoms with E-state index in [1.54, 1.807) is 7.11 Å². The SMILES string of the molecule is COc1cccn2cc(CCNC(=O)CC(C)C)nc12. The third kappa shape index (κ3) is 3.50. The van der Waals surface area contributed by atoms with Crippen LogP contribution in [0.5, 0.6) is 5.75 Å². The number of pyridine rings is 1. The number of carbonyl (C=O) groups excluding carboxylic acids is 1. The number of ether oxygens (including phenoxy) is 1. The minimum absolute atomic E-state index is 0.0985. The molecule has 0 aliphatic rings. The Labute approximate surface area is 119 Å². The maximum atomic E-state index is 11.6. The van der Waals surface area contributed by atoms with Crippen LogP contribution >= 0.6 is 0 Å². The zero-order chi connectivity index (χ0) is 14.5. The lowest BCUT2D eigenvalue weighted by atomic mass is 10.1. The molecule has 2 heterocycles. The van der Waals surface area contributed by atoms with Gasteiger partial charge >= 0.3 is 0 Å². The predicted octanol–water partition coefficient (Wildman–Crippen LogP) is 2.05. The maximum absolute atomic E-state index is 11.6. The van der Waals surface area contributed by atoms with Crippen molar-refractivity contribution in [3.05, 3.63) is 30.2 Å². The fraction of sp³-hybridized carbons (Fsp3) is 0.467. The average molecular weight is 275 g/mol. The van der Waals surface area contributed by atoms with Gasteiger partial charge in [0.25, 0.3) is 0 Å². The highest BCUT2D eigenvalue weighted by Gasteiger charge is 2.07. The van der Waals surface area contributed by atoms with E-state index in [1.165, 1.54) is 0 Å². The summed E-state index contributed by atoms with van der Waals surface area (Å²) >= 11 is 0. The summed E-state index contributed by atoms with van der Waals surface area (Å²) in [6.45, 7) is 4.68. The van der Waals surface area contributed by atoms with Gasteiger partial charge in [-0.05, 0) is 18.1 Å². The van der Waals surface area contributed by atoms with Gasteiger partial charge < -0.3 is 14.5 Å². The van der Waals surface area contributed by atoms with Crippen LogP contribution in [0.1, 0.15) is 26.0 Å². The average Bonchev–Trinajstić information content (AvgIpc) is 2.80. The fourth-order valence-corrected chi connectivity index (χ4v) is 2.09. The number of nitrogens with zero attached hydrogens (tertiary/aromatic N) is 2. The molecule has 5 nitrogen and oxygen atoms in total. The van der Waals surface area contributed by atoms with Crippen LogP contribution in [0.2, 0.25) is 0 Å². The van der Waals surface area contributed by atoms with Gasteiger partial charge in [-0.1, -0.05) is 13.8 Å². The first-order chi connectivity index (χ1) is 9.60. The quantitative estimate of drug-likeness (QED) is 0.878. The van der Waals surface area contributed by atoms with E-state index in [9.17, 15) is 4.79 Å². The number of rotatable bonds is 6. The van der Waals surface area contributed by atoms with Gasteiger partial charge in [0.2, 0.25) is 5.91 Å². The van der Waals surface area contributed by atoms with Crippen molar-refractivity contribution in [3.63, 3.8) is 0 Å². The van der Waals surface area contributed by atoms with Gasteiger partial charge in [-0.15, -0.1) is 0 Å². The van der Waals surface area contributed by atoms with Crippen LogP contribution in [0.15, 0.2) is 24.5 Å². The summed E-state index contributed by atoms with van der Waals surface area (Å²) in [6, 6.07) is 3.80. The normalized spacial score (nSPS) is 11.0. The molecule has 0 saturated heterocycles. The molecule has 0 saturated carbocycles. The van der Waals surface area contributed by atoms with Gasteiger partial charge in [0.15, 0.2) is 11.4 Å². The van der Waals surface area contributed by atoms with Gasteiger partial charge in [-0.25, -0.2) is 4.98 Å². The van der Waals surface area contributed by atoms with E-state index in [0.29, 0.717) is 25.3 Å². The minimum atomic E-state index is 0.0985. The smallest absolute Gasteiger partial charge is 0.220 e. The summed E-state index contributed by atoms with van der Waals surface area (Å²) in [4.78, 5) is 16.1. The summed E-state index contributed by atoms with van der Waals surface area (Å²) in [5.41, 5.74) is 1.75. The number of hydrogen-bond donors (Lipinski definition) is 1. The molecule has 0 bridgehead atoms. The molecule has 0 unspecified atom stereocenters. The first kappa shape index (κ1) is 14.4. The van der Waals surface area contributed by atoms with E-state index in [4.69, 9.17) is 4.74 Å². The molecule has 0 aliphatic heterocycles. The number of imidazole rings is 1. The van der Waals surface area contributed by atoms with Crippen LogP contribution in [0.4, 0.5) is 0 Å². The Bertz CT molecular complexity index is 590. The molecule has 0 radical (unpaired) electrons. The van der Waals surface area contributed by atoms with Gasteiger partial charge in [0, 0.05) is 31.8 Å². The highest BCUT2D eigenvalue weighted by Crippen LogP contribution is 2.18. The summed E-state index contributed by atoms with van der Waals surface area (Å²) in [5, 5.41) is 2.92. The Morgan fingerprint density at radius 2 is 2.30 bits per heavy atom. The van der Waals surface area contributed by atoms with Gasteiger partial charge in [0.05, 0.1) is 12.8 Å². The molecule has 0 aromatic carbocycles. The molecule has 2 aromatic heterocycles. The van der Waals surface area contributed by atoms with Crippen LogP contribution in [-0.2, 0) is 11.2 Å². The van der Waals surface area contributed by atoms with Gasteiger partial charge in [0.1, 0.15) is 0 Å². The van der Waals surface area contributed by atoms with E-state index in [0.717, 1.165) is 17.1 Å². The van der Waals surface area contributed by atoms with Crippen LogP contribution in [0, 0.1) is 5.92 Å². The molecule has 0 atom stereocenters. The summed E-state index contributed by atoms with van der Waals surface area (Å²) in [5.74, 6) is 1.23. The molecule has 20 heavy (non-hydrogen) atoms. The van der Waals surface area contributed by atoms with Crippen molar-refractivity contribution in [1.82, 2.24) is 14.7 Å². The van der Waals surface area contributed by atoms with Crippen molar-refractivity contribution in [1.29, 1.82) is 0 Å². The number of aromatic nitrogens is 2. The lowest BCUT2D eigenvalue weighted by Gasteiger charge is -2.05. The van der Waals surface area contributed by atoms with Crippen molar-refractivity contribution in [2.75, 3.05) is 13.7 Å². The number of fused-ring (bicyclic) bond motifs is 1. The Balaban J connectivity index is 1.95. The number of hydrogen-bond acceptors (Lipinski definition) is 3. The van der Waals surface area contributed by atoms with Crippen molar-refractivity contribution in [2.24, 2.45) is 5.92 Å². The van der Waals surface area contributed by atoms with Crippen LogP contribution in [0.25, 0.3) is 5.65 Å². The Hall–Kier alpha value is -2.04. The molecule has 2 aromatic rings. The highest BCUT2D eigenvalue weighted by molar-refractivity contribution is 5.76. The third-order valence-corrected chi connectivity index (χ3v) is 3.01. The molecule has 1 N–H and O–H groups in total. The largest absolute Gasteiger partial charge is 0.493 e. The maximum Gasteiger partial charge on any atom is 0.220 e. The predicted molar refractivity (Wildman–Crippen MR) is 77.9 cm³/mol. The molecule has 0 spiro atoms. The number of carbonyl (C=O) groups is 1. The number of amides is 1. The number of nitrogens with one attached hydrogen (secondary N) is 1. The van der Waals surface area contributed by atoms with E-state index in [1.807, 2.05) is 42.8 Å². The zero-order valence-corrected chi connectivity index (χ0v) is 12.2. The molecule has 2 rings (SSSR count). The molecule has 108 valence electrons. The molecule has 5 heteroatoms. The zero-order valence-electron chi connectivity index (χ0n) is 12.2. The van der Waals surface area contributed by atoms with E-state index in [2.05, 4.69) is 10.3 Å². The highest BCUT2D eigenvalue weighted by atomic mass is 16.5. The third-order valence-electron chi connectivity index (χ3n) is 3.01. The Morgan fingerprint density at radius 1 is 1.50 bits per heavy atom. The van der Waals surface area contributed by atoms with Gasteiger partial charge in [-0.3, -0.25) is 4.79 Å². The molecule has 1 amide bonds. The van der Waals surface area contributed by atoms with Crippen molar-refractivity contribution >= 4 is 11.6 Å². The van der Waals surface area contributed by atoms with Crippen LogP contribution < -0.4 is 10.1 Å². The molecular formula is C15H21N3O2. The summed E-state index contributed by atoms with van der Waals surface area (Å²) in [6.07, 6.45) is 5.19. The van der Waals surface area contributed by atoms with Crippen LogP contribution in [-0.4, -0.2) is 28.9 Å². The minimum Gasteiger partial charge on any atom is -0.493 e. The standard InChI is InChI=1S/C15H21N3O2/c1-11(2)9-14(19)16-7-6-12-10-18-8-4-5-13(20-3)15(18)17-12/h4-5,8,10-11H,6-7,9H2,1-3H3,(H,16,19). The summed E-state index contributed by atoms with van der Waals surface area (Å²) in [7, 11) is 1.63. The lowest BCUT2D eigenvalue weighted by Crippen LogP contribution is -2.26. The second-order valence-electron chi connectivity index (χ2n) is 5.24.